The molecule has 0 radical (unpaired) electrons. The molecule has 0 bridgehead atoms. The van der Waals surface area contributed by atoms with Crippen LogP contribution in [0.25, 0.3) is 27.1 Å². The van der Waals surface area contributed by atoms with Crippen molar-refractivity contribution in [3.8, 4) is 5.88 Å². The van der Waals surface area contributed by atoms with Crippen molar-refractivity contribution in [3.63, 3.8) is 0 Å². The van der Waals surface area contributed by atoms with Crippen LogP contribution in [0, 0.1) is 0 Å². The lowest BCUT2D eigenvalue weighted by molar-refractivity contribution is -0.540. The quantitative estimate of drug-likeness (QED) is 0.148. The summed E-state index contributed by atoms with van der Waals surface area (Å²) in [5, 5.41) is 18.9. The van der Waals surface area contributed by atoms with E-state index in [1.54, 1.807) is 6.92 Å². The summed E-state index contributed by atoms with van der Waals surface area (Å²) in [7, 11) is 4.22. The Morgan fingerprint density at radius 1 is 0.855 bits per heavy atom. The van der Waals surface area contributed by atoms with Crippen molar-refractivity contribution < 1.29 is 10.4 Å². The largest absolute Gasteiger partial charge is 0.494 e. The molecule has 2 heterocycles. The molecule has 0 fully saturated rings. The minimum atomic E-state index is -0.489. The van der Waals surface area contributed by atoms with Crippen LogP contribution in [-0.4, -0.2) is 28.3 Å². The standard InChI is InChI=1S/C48H54N4O3/c1-9-51-44(53)41(45(54)52(10-2)46(51)55)40-33(21-16-30-47(3,4)42-35-22-13-11-17-31(35)24-27-37(42)49-7)19-15-20-34(40)26-29-39-48(5,6)43-36-23-14-12-18-32(36)25-28-38(43)50(39)8/h11-14,16-18,21-29,49,53H,9-10,15,19-20,30H2,1-8H3/p+1. The van der Waals surface area contributed by atoms with Crippen molar-refractivity contribution in [3.05, 3.63) is 151 Å². The van der Waals surface area contributed by atoms with Gasteiger partial charge in [-0.25, -0.2) is 4.79 Å². The second kappa shape index (κ2) is 14.7. The Morgan fingerprint density at radius 3 is 2.20 bits per heavy atom. The number of fused-ring (bicyclic) bond motifs is 4. The summed E-state index contributed by atoms with van der Waals surface area (Å²) >= 11 is 0. The van der Waals surface area contributed by atoms with Crippen LogP contribution in [0.4, 0.5) is 11.4 Å². The molecule has 2 aliphatic rings. The number of anilines is 1. The van der Waals surface area contributed by atoms with Gasteiger partial charge in [-0.2, -0.15) is 0 Å². The van der Waals surface area contributed by atoms with Gasteiger partial charge < -0.3 is 15.3 Å². The molecule has 0 unspecified atom stereocenters. The van der Waals surface area contributed by atoms with E-state index in [0.717, 1.165) is 48.1 Å². The summed E-state index contributed by atoms with van der Waals surface area (Å²) < 4.78 is 2.57. The Hall–Kier alpha value is -5.40. The second-order valence-electron chi connectivity index (χ2n) is 16.2. The molecular formula is C48H55N4O3+. The zero-order valence-electron chi connectivity index (χ0n) is 33.7. The van der Waals surface area contributed by atoms with Gasteiger partial charge in [-0.1, -0.05) is 101 Å². The van der Waals surface area contributed by atoms with Crippen molar-refractivity contribution in [2.45, 2.75) is 91.1 Å². The SMILES string of the molecule is CCn1c(O)c(C2=C(C=CCC(C)(C)c3c([NH2+]C)ccc4ccccc34)CCCC2=CC=C2N(C)c3ccc4ccccc4c3C2(C)C)c(=O)n(CC)c1=O. The highest BCUT2D eigenvalue weighted by atomic mass is 16.3. The molecule has 3 N–H and O–H groups in total. The van der Waals surface area contributed by atoms with E-state index in [-0.39, 0.29) is 35.4 Å². The number of allylic oxidation sites excluding steroid dienone is 8. The normalized spacial score (nSPS) is 17.4. The molecule has 1 aliphatic heterocycles. The van der Waals surface area contributed by atoms with Gasteiger partial charge >= 0.3 is 5.69 Å². The Bertz CT molecular complexity index is 2580. The highest BCUT2D eigenvalue weighted by molar-refractivity contribution is 5.95. The summed E-state index contributed by atoms with van der Waals surface area (Å²) in [6.45, 7) is 13.2. The van der Waals surface area contributed by atoms with Crippen molar-refractivity contribution in [2.24, 2.45) is 0 Å². The van der Waals surface area contributed by atoms with Crippen LogP contribution >= 0.6 is 0 Å². The van der Waals surface area contributed by atoms with Gasteiger partial charge in [0.2, 0.25) is 5.88 Å². The van der Waals surface area contributed by atoms with E-state index in [1.165, 1.54) is 53.2 Å². The highest BCUT2D eigenvalue weighted by Gasteiger charge is 2.39. The number of likely N-dealkylation sites (N-methyl/N-ethyl adjacent to an activating group) is 1. The van der Waals surface area contributed by atoms with Crippen LogP contribution in [0.1, 0.15) is 83.9 Å². The number of hydrogen-bond donors (Lipinski definition) is 2. The minimum Gasteiger partial charge on any atom is -0.494 e. The topological polar surface area (TPSA) is 84.1 Å². The summed E-state index contributed by atoms with van der Waals surface area (Å²) in [5.41, 5.74) is 7.70. The smallest absolute Gasteiger partial charge is 0.333 e. The third kappa shape index (κ3) is 6.38. The van der Waals surface area contributed by atoms with Gasteiger partial charge in [0.25, 0.3) is 5.56 Å². The molecule has 1 aliphatic carbocycles. The maximum Gasteiger partial charge on any atom is 0.333 e. The van der Waals surface area contributed by atoms with Gasteiger partial charge in [-0.05, 0) is 113 Å². The fraction of sp³-hybridized carbons (Fsp3) is 0.333. The fourth-order valence-electron chi connectivity index (χ4n) is 9.31. The zero-order valence-corrected chi connectivity index (χ0v) is 33.7. The first-order valence-corrected chi connectivity index (χ1v) is 19.8. The summed E-state index contributed by atoms with van der Waals surface area (Å²) in [4.78, 5) is 29.9. The molecule has 7 rings (SSSR count). The molecule has 0 saturated heterocycles. The number of aromatic hydroxyl groups is 1. The number of hydrogen-bond acceptors (Lipinski definition) is 4. The number of nitrogens with two attached hydrogens (primary N) is 1. The Balaban J connectivity index is 1.38. The van der Waals surface area contributed by atoms with Gasteiger partial charge in [0, 0.05) is 42.5 Å². The molecule has 0 atom stereocenters. The molecule has 0 saturated carbocycles. The maximum absolute atomic E-state index is 14.3. The zero-order chi connectivity index (χ0) is 39.2. The van der Waals surface area contributed by atoms with E-state index in [4.69, 9.17) is 0 Å². The van der Waals surface area contributed by atoms with Crippen molar-refractivity contribution in [1.82, 2.24) is 9.13 Å². The highest BCUT2D eigenvalue weighted by Crippen LogP contribution is 2.50. The van der Waals surface area contributed by atoms with E-state index < -0.39 is 11.2 Å². The minimum absolute atomic E-state index is 0.192. The van der Waals surface area contributed by atoms with Crippen LogP contribution in [0.15, 0.2) is 124 Å². The number of nitrogens with zero attached hydrogens (tertiary/aromatic N) is 3. The van der Waals surface area contributed by atoms with Crippen molar-refractivity contribution in [2.75, 3.05) is 19.0 Å². The Morgan fingerprint density at radius 2 is 1.51 bits per heavy atom. The van der Waals surface area contributed by atoms with E-state index in [2.05, 4.69) is 149 Å². The van der Waals surface area contributed by atoms with Gasteiger partial charge in [0.1, 0.15) is 11.3 Å². The molecular weight excluding hydrogens is 681 g/mol. The van der Waals surface area contributed by atoms with Crippen LogP contribution < -0.4 is 21.5 Å². The van der Waals surface area contributed by atoms with E-state index in [9.17, 15) is 14.7 Å². The average molecular weight is 736 g/mol. The lowest BCUT2D eigenvalue weighted by Gasteiger charge is -2.27. The van der Waals surface area contributed by atoms with Gasteiger partial charge in [-0.3, -0.25) is 13.9 Å². The molecule has 284 valence electrons. The van der Waals surface area contributed by atoms with Gasteiger partial charge in [0.15, 0.2) is 0 Å². The van der Waals surface area contributed by atoms with Crippen molar-refractivity contribution >= 4 is 38.5 Å². The number of aromatic nitrogens is 2. The van der Waals surface area contributed by atoms with Gasteiger partial charge in [0.05, 0.1) is 7.05 Å². The maximum atomic E-state index is 14.3. The third-order valence-electron chi connectivity index (χ3n) is 12.1. The number of quaternary nitrogens is 1. The fourth-order valence-corrected chi connectivity index (χ4v) is 9.31. The Kier molecular flexibility index (Phi) is 10.1. The van der Waals surface area contributed by atoms with E-state index >= 15 is 0 Å². The predicted octanol–water partition coefficient (Wildman–Crippen LogP) is 8.99. The lowest BCUT2D eigenvalue weighted by Crippen LogP contribution is -2.73. The summed E-state index contributed by atoms with van der Waals surface area (Å²) in [5.74, 6) is -0.264. The molecule has 0 amide bonds. The number of benzene rings is 4. The predicted molar refractivity (Wildman–Crippen MR) is 229 cm³/mol. The molecule has 0 spiro atoms. The second-order valence-corrected chi connectivity index (χ2v) is 16.2. The van der Waals surface area contributed by atoms with Crippen LogP contribution in [0.5, 0.6) is 5.88 Å². The lowest BCUT2D eigenvalue weighted by atomic mass is 9.77. The van der Waals surface area contributed by atoms with Crippen molar-refractivity contribution in [1.29, 1.82) is 0 Å². The molecule has 7 nitrogen and oxygen atoms in total. The third-order valence-corrected chi connectivity index (χ3v) is 12.1. The van der Waals surface area contributed by atoms with E-state index in [1.807, 2.05) is 6.92 Å². The first-order valence-electron chi connectivity index (χ1n) is 19.8. The number of rotatable bonds is 9. The van der Waals surface area contributed by atoms with Gasteiger partial charge in [-0.15, -0.1) is 0 Å². The molecule has 55 heavy (non-hydrogen) atoms. The van der Waals surface area contributed by atoms with E-state index in [0.29, 0.717) is 0 Å². The molecule has 1 aromatic heterocycles. The summed E-state index contributed by atoms with van der Waals surface area (Å²) in [6, 6.07) is 25.9. The van der Waals surface area contributed by atoms with Crippen LogP contribution in [0.3, 0.4) is 0 Å². The van der Waals surface area contributed by atoms with Crippen LogP contribution in [-0.2, 0) is 23.9 Å². The monoisotopic (exact) mass is 735 g/mol. The van der Waals surface area contributed by atoms with Crippen LogP contribution in [0.2, 0.25) is 0 Å². The average Bonchev–Trinajstić information content (AvgIpc) is 3.37. The molecule has 7 heteroatoms. The molecule has 5 aromatic rings. The summed E-state index contributed by atoms with van der Waals surface area (Å²) in [6.07, 6.45) is 11.9. The molecule has 4 aromatic carbocycles. The Labute approximate surface area is 324 Å². The first kappa shape index (κ1) is 37.9. The first-order chi connectivity index (χ1) is 26.3.